The van der Waals surface area contributed by atoms with Crippen molar-refractivity contribution in [2.24, 2.45) is 5.92 Å². The van der Waals surface area contributed by atoms with E-state index in [1.165, 1.54) is 0 Å². The van der Waals surface area contributed by atoms with Gasteiger partial charge in [-0.3, -0.25) is 9.48 Å². The van der Waals surface area contributed by atoms with Crippen LogP contribution in [-0.4, -0.2) is 37.0 Å². The molecule has 8 nitrogen and oxygen atoms in total. The number of hydrogen-bond donors (Lipinski definition) is 1. The molecule has 0 aliphatic heterocycles. The topological polar surface area (TPSA) is 90.8 Å². The van der Waals surface area contributed by atoms with E-state index in [4.69, 9.17) is 9.40 Å². The number of nitrogens with one attached hydrogen (secondary N) is 1. The second-order valence-corrected chi connectivity index (χ2v) is 8.38. The number of amides is 1. The summed E-state index contributed by atoms with van der Waals surface area (Å²) in [5.41, 5.74) is 3.95. The zero-order chi connectivity index (χ0) is 22.1. The van der Waals surface area contributed by atoms with Crippen LogP contribution in [0.5, 0.6) is 0 Å². The number of aromatic nitrogens is 5. The van der Waals surface area contributed by atoms with E-state index in [1.807, 2.05) is 43.1 Å². The van der Waals surface area contributed by atoms with Crippen molar-refractivity contribution < 1.29 is 9.21 Å². The SMILES string of the molecule is Cc1cc(C)n(CC(C)CNC(=O)c2cc(-c3ccco3)nc3c2cnn3C(C)C)n1. The number of nitrogens with zero attached hydrogens (tertiary/aromatic N) is 5. The van der Waals surface area contributed by atoms with Gasteiger partial charge in [0.25, 0.3) is 5.91 Å². The lowest BCUT2D eigenvalue weighted by atomic mass is 10.1. The highest BCUT2D eigenvalue weighted by atomic mass is 16.3. The lowest BCUT2D eigenvalue weighted by molar-refractivity contribution is 0.0948. The number of pyridine rings is 1. The first kappa shape index (κ1) is 20.8. The maximum Gasteiger partial charge on any atom is 0.252 e. The van der Waals surface area contributed by atoms with Gasteiger partial charge in [0.05, 0.1) is 29.1 Å². The van der Waals surface area contributed by atoms with Crippen molar-refractivity contribution in [2.75, 3.05) is 6.54 Å². The Kier molecular flexibility index (Phi) is 5.63. The van der Waals surface area contributed by atoms with Crippen LogP contribution >= 0.6 is 0 Å². The minimum atomic E-state index is -0.149. The van der Waals surface area contributed by atoms with Crippen molar-refractivity contribution in [3.63, 3.8) is 0 Å². The largest absolute Gasteiger partial charge is 0.463 e. The van der Waals surface area contributed by atoms with E-state index in [1.54, 1.807) is 24.6 Å². The van der Waals surface area contributed by atoms with Gasteiger partial charge in [-0.2, -0.15) is 10.2 Å². The first-order valence-corrected chi connectivity index (χ1v) is 10.5. The molecular weight excluding hydrogens is 392 g/mol. The molecule has 0 aliphatic carbocycles. The summed E-state index contributed by atoms with van der Waals surface area (Å²) in [5.74, 6) is 0.691. The van der Waals surface area contributed by atoms with Crippen molar-refractivity contribution >= 4 is 16.9 Å². The van der Waals surface area contributed by atoms with Gasteiger partial charge in [-0.1, -0.05) is 6.92 Å². The standard InChI is InChI=1S/C23H28N6O2/c1-14(2)29-22-19(12-25-29)18(10-20(26-22)21-7-6-8-31-21)23(30)24-11-15(3)13-28-17(5)9-16(4)27-28/h6-10,12,14-15H,11,13H2,1-5H3,(H,24,30). The van der Waals surface area contributed by atoms with E-state index < -0.39 is 0 Å². The molecule has 4 rings (SSSR count). The van der Waals surface area contributed by atoms with Crippen molar-refractivity contribution in [1.82, 2.24) is 29.9 Å². The molecule has 1 N–H and O–H groups in total. The molecule has 1 unspecified atom stereocenters. The average Bonchev–Trinajstić information content (AvgIpc) is 3.45. The molecule has 0 aliphatic rings. The summed E-state index contributed by atoms with van der Waals surface area (Å²) in [5, 5.41) is 12.8. The van der Waals surface area contributed by atoms with E-state index in [9.17, 15) is 4.79 Å². The van der Waals surface area contributed by atoms with Gasteiger partial charge in [-0.25, -0.2) is 9.67 Å². The lowest BCUT2D eigenvalue weighted by Crippen LogP contribution is -2.30. The molecule has 0 saturated carbocycles. The summed E-state index contributed by atoms with van der Waals surface area (Å²) >= 11 is 0. The normalized spacial score (nSPS) is 12.6. The Balaban J connectivity index is 1.59. The van der Waals surface area contributed by atoms with Gasteiger partial charge in [0, 0.05) is 24.8 Å². The molecule has 31 heavy (non-hydrogen) atoms. The molecule has 4 aromatic heterocycles. The molecule has 0 fully saturated rings. The van der Waals surface area contributed by atoms with Crippen LogP contribution in [0.15, 0.2) is 41.1 Å². The summed E-state index contributed by atoms with van der Waals surface area (Å²) < 4.78 is 9.33. The number of carbonyl (C=O) groups excluding carboxylic acids is 1. The monoisotopic (exact) mass is 420 g/mol. The molecule has 0 spiro atoms. The quantitative estimate of drug-likeness (QED) is 0.485. The summed E-state index contributed by atoms with van der Waals surface area (Å²) in [6.45, 7) is 11.5. The number of rotatable bonds is 7. The van der Waals surface area contributed by atoms with Crippen LogP contribution in [0, 0.1) is 19.8 Å². The molecule has 0 aromatic carbocycles. The van der Waals surface area contributed by atoms with E-state index in [-0.39, 0.29) is 17.9 Å². The Morgan fingerprint density at radius 3 is 2.68 bits per heavy atom. The fourth-order valence-electron chi connectivity index (χ4n) is 3.72. The third kappa shape index (κ3) is 4.23. The zero-order valence-electron chi connectivity index (χ0n) is 18.6. The zero-order valence-corrected chi connectivity index (χ0v) is 18.6. The second kappa shape index (κ2) is 8.37. The third-order valence-electron chi connectivity index (χ3n) is 5.27. The number of fused-ring (bicyclic) bond motifs is 1. The van der Waals surface area contributed by atoms with Crippen molar-refractivity contribution in [1.29, 1.82) is 0 Å². The molecule has 4 heterocycles. The highest BCUT2D eigenvalue weighted by Crippen LogP contribution is 2.26. The number of aryl methyl sites for hydroxylation is 2. The molecule has 0 bridgehead atoms. The average molecular weight is 421 g/mol. The van der Waals surface area contributed by atoms with Crippen LogP contribution in [0.4, 0.5) is 0 Å². The van der Waals surface area contributed by atoms with E-state index in [2.05, 4.69) is 28.5 Å². The van der Waals surface area contributed by atoms with Gasteiger partial charge >= 0.3 is 0 Å². The molecule has 0 radical (unpaired) electrons. The third-order valence-corrected chi connectivity index (χ3v) is 5.27. The minimum absolute atomic E-state index is 0.119. The van der Waals surface area contributed by atoms with Gasteiger partial charge in [0.15, 0.2) is 11.4 Å². The second-order valence-electron chi connectivity index (χ2n) is 8.38. The van der Waals surface area contributed by atoms with Crippen molar-refractivity contribution in [2.45, 2.75) is 47.2 Å². The molecule has 0 saturated heterocycles. The Morgan fingerprint density at radius 2 is 2.03 bits per heavy atom. The number of furan rings is 1. The van der Waals surface area contributed by atoms with Crippen molar-refractivity contribution in [3.05, 3.63) is 53.7 Å². The van der Waals surface area contributed by atoms with Crippen LogP contribution in [0.3, 0.4) is 0 Å². The van der Waals surface area contributed by atoms with Crippen molar-refractivity contribution in [3.8, 4) is 11.5 Å². The van der Waals surface area contributed by atoms with Gasteiger partial charge in [0.2, 0.25) is 0 Å². The van der Waals surface area contributed by atoms with Gasteiger partial charge in [0.1, 0.15) is 5.69 Å². The van der Waals surface area contributed by atoms with Gasteiger partial charge in [-0.15, -0.1) is 0 Å². The van der Waals surface area contributed by atoms with Crippen LogP contribution in [-0.2, 0) is 6.54 Å². The Bertz CT molecular complexity index is 1200. The molecule has 4 aromatic rings. The van der Waals surface area contributed by atoms with Gasteiger partial charge in [-0.05, 0) is 57.9 Å². The van der Waals surface area contributed by atoms with E-state index >= 15 is 0 Å². The molecule has 8 heteroatoms. The summed E-state index contributed by atoms with van der Waals surface area (Å²) in [4.78, 5) is 17.9. The van der Waals surface area contributed by atoms with E-state index in [0.717, 1.165) is 23.3 Å². The highest BCUT2D eigenvalue weighted by molar-refractivity contribution is 6.06. The maximum atomic E-state index is 13.2. The fourth-order valence-corrected chi connectivity index (χ4v) is 3.72. The maximum absolute atomic E-state index is 13.2. The Labute approximate surface area is 181 Å². The molecular formula is C23H28N6O2. The molecule has 1 amide bonds. The smallest absolute Gasteiger partial charge is 0.252 e. The Morgan fingerprint density at radius 1 is 1.23 bits per heavy atom. The molecule has 1 atom stereocenters. The first-order valence-electron chi connectivity index (χ1n) is 10.5. The summed E-state index contributed by atoms with van der Waals surface area (Å²) in [6, 6.07) is 7.59. The first-order chi connectivity index (χ1) is 14.8. The lowest BCUT2D eigenvalue weighted by Gasteiger charge is -2.15. The van der Waals surface area contributed by atoms with Crippen LogP contribution in [0.1, 0.15) is 48.6 Å². The summed E-state index contributed by atoms with van der Waals surface area (Å²) in [6.07, 6.45) is 3.31. The number of carbonyl (C=O) groups is 1. The predicted octanol–water partition coefficient (Wildman–Crippen LogP) is 4.15. The number of hydrogen-bond acceptors (Lipinski definition) is 5. The fraction of sp³-hybridized carbons (Fsp3) is 0.391. The Hall–Kier alpha value is -3.42. The summed E-state index contributed by atoms with van der Waals surface area (Å²) in [7, 11) is 0. The van der Waals surface area contributed by atoms with E-state index in [0.29, 0.717) is 29.2 Å². The minimum Gasteiger partial charge on any atom is -0.463 e. The predicted molar refractivity (Wildman–Crippen MR) is 119 cm³/mol. The van der Waals surface area contributed by atoms with Gasteiger partial charge < -0.3 is 9.73 Å². The highest BCUT2D eigenvalue weighted by Gasteiger charge is 2.20. The van der Waals surface area contributed by atoms with Crippen LogP contribution in [0.2, 0.25) is 0 Å². The van der Waals surface area contributed by atoms with Crippen LogP contribution < -0.4 is 5.32 Å². The van der Waals surface area contributed by atoms with Crippen LogP contribution in [0.25, 0.3) is 22.5 Å². The molecule has 162 valence electrons.